The van der Waals surface area contributed by atoms with Gasteiger partial charge in [0.1, 0.15) is 0 Å². The van der Waals surface area contributed by atoms with Gasteiger partial charge in [0, 0.05) is 11.3 Å². The molecule has 1 aromatic carbocycles. The van der Waals surface area contributed by atoms with Crippen molar-refractivity contribution >= 4 is 11.8 Å². The van der Waals surface area contributed by atoms with E-state index in [1.165, 1.54) is 6.26 Å². The second-order valence-electron chi connectivity index (χ2n) is 4.50. The van der Waals surface area contributed by atoms with Gasteiger partial charge in [0.25, 0.3) is 0 Å². The largest absolute Gasteiger partial charge is 0.435 e. The minimum Gasteiger partial charge on any atom is -0.218 e. The van der Waals surface area contributed by atoms with Crippen molar-refractivity contribution < 1.29 is 43.9 Å². The topological polar surface area (TPSA) is 0 Å². The summed E-state index contributed by atoms with van der Waals surface area (Å²) in [6, 6.07) is 0.0602. The molecule has 0 bridgehead atoms. The van der Waals surface area contributed by atoms with Crippen LogP contribution in [0.25, 0.3) is 0 Å². The van der Waals surface area contributed by atoms with Crippen molar-refractivity contribution in [3.05, 3.63) is 34.9 Å². The highest BCUT2D eigenvalue weighted by atomic mass is 32.2. The van der Waals surface area contributed by atoms with Gasteiger partial charge in [-0.25, -0.2) is 4.39 Å². The lowest BCUT2D eigenvalue weighted by Crippen LogP contribution is -2.50. The quantitative estimate of drug-likeness (QED) is 0.598. The zero-order valence-corrected chi connectivity index (χ0v) is 11.9. The van der Waals surface area contributed by atoms with Crippen LogP contribution in [0.15, 0.2) is 18.2 Å². The number of thioether (sulfide) groups is 1. The van der Waals surface area contributed by atoms with Gasteiger partial charge in [-0.15, -0.1) is 0 Å². The Bertz CT molecular complexity index is 540. The first kappa shape index (κ1) is 19.9. The Morgan fingerprint density at radius 3 is 1.52 bits per heavy atom. The van der Waals surface area contributed by atoms with E-state index < -0.39 is 47.0 Å². The molecule has 0 aliphatic rings. The molecule has 1 rings (SSSR count). The summed E-state index contributed by atoms with van der Waals surface area (Å²) in [5.41, 5.74) is -10.3. The van der Waals surface area contributed by atoms with Crippen LogP contribution in [-0.2, 0) is 17.6 Å². The fourth-order valence-corrected chi connectivity index (χ4v) is 2.29. The highest BCUT2D eigenvalue weighted by Gasteiger charge is 2.73. The molecule has 1 aromatic rings. The van der Waals surface area contributed by atoms with Crippen LogP contribution in [0.5, 0.6) is 0 Å². The van der Waals surface area contributed by atoms with Crippen LogP contribution < -0.4 is 0 Å². The molecular formula is C12H8F10S. The summed E-state index contributed by atoms with van der Waals surface area (Å²) < 4.78 is 128. The fourth-order valence-electron chi connectivity index (χ4n) is 1.79. The summed E-state index contributed by atoms with van der Waals surface area (Å²) >= 11 is 0.856. The maximum Gasteiger partial charge on any atom is 0.435 e. The van der Waals surface area contributed by atoms with Gasteiger partial charge in [-0.2, -0.15) is 51.3 Å². The maximum absolute atomic E-state index is 13.9. The molecule has 132 valence electrons. The lowest BCUT2D eigenvalue weighted by atomic mass is 9.91. The molecule has 0 saturated carbocycles. The van der Waals surface area contributed by atoms with Crippen molar-refractivity contribution in [2.24, 2.45) is 0 Å². The van der Waals surface area contributed by atoms with E-state index in [1.807, 2.05) is 0 Å². The van der Waals surface area contributed by atoms with Crippen LogP contribution in [0.2, 0.25) is 0 Å². The Balaban J connectivity index is 3.70. The van der Waals surface area contributed by atoms with E-state index in [1.54, 1.807) is 0 Å². The molecule has 0 amide bonds. The summed E-state index contributed by atoms with van der Waals surface area (Å²) in [4.78, 5) is 0. The van der Waals surface area contributed by atoms with Gasteiger partial charge in [0.05, 0.1) is 5.56 Å². The number of hydrogen-bond acceptors (Lipinski definition) is 1. The smallest absolute Gasteiger partial charge is 0.218 e. The molecule has 0 aliphatic carbocycles. The Morgan fingerprint density at radius 2 is 1.17 bits per heavy atom. The third-order valence-electron chi connectivity index (χ3n) is 2.81. The van der Waals surface area contributed by atoms with Crippen LogP contribution in [0.3, 0.4) is 0 Å². The molecule has 0 nitrogen and oxygen atoms in total. The number of rotatable bonds is 3. The van der Waals surface area contributed by atoms with E-state index in [0.717, 1.165) is 11.8 Å². The summed E-state index contributed by atoms with van der Waals surface area (Å²) in [7, 11) is 0. The SMILES string of the molecule is CSCc1cc(C(F)(F)F)cc(C(F)(C(F)(F)F)C(F)(F)F)c1. The molecule has 0 spiro atoms. The molecule has 0 unspecified atom stereocenters. The first-order valence-electron chi connectivity index (χ1n) is 5.67. The summed E-state index contributed by atoms with van der Waals surface area (Å²) in [6.07, 6.45) is -16.8. The van der Waals surface area contributed by atoms with E-state index in [-0.39, 0.29) is 11.8 Å². The highest BCUT2D eigenvalue weighted by Crippen LogP contribution is 2.54. The number of halogens is 10. The molecule has 0 radical (unpaired) electrons. The van der Waals surface area contributed by atoms with E-state index in [4.69, 9.17) is 0 Å². The predicted octanol–water partition coefficient (Wildman–Crippen LogP) is 5.86. The van der Waals surface area contributed by atoms with E-state index in [2.05, 4.69) is 0 Å². The Hall–Kier alpha value is -1.13. The molecular weight excluding hydrogens is 366 g/mol. The van der Waals surface area contributed by atoms with E-state index >= 15 is 0 Å². The number of alkyl halides is 10. The molecule has 23 heavy (non-hydrogen) atoms. The summed E-state index contributed by atoms with van der Waals surface area (Å²) in [6.45, 7) is 0. The first-order chi connectivity index (χ1) is 10.1. The average molecular weight is 374 g/mol. The van der Waals surface area contributed by atoms with Crippen molar-refractivity contribution in [2.75, 3.05) is 6.26 Å². The molecule has 0 aromatic heterocycles. The molecule has 11 heteroatoms. The third kappa shape index (κ3) is 3.86. The van der Waals surface area contributed by atoms with Crippen LogP contribution in [0.1, 0.15) is 16.7 Å². The average Bonchev–Trinajstić information content (AvgIpc) is 2.34. The van der Waals surface area contributed by atoms with Crippen molar-refractivity contribution in [1.82, 2.24) is 0 Å². The lowest BCUT2D eigenvalue weighted by Gasteiger charge is -2.31. The Kier molecular flexibility index (Phi) is 5.25. The monoisotopic (exact) mass is 374 g/mol. The van der Waals surface area contributed by atoms with Crippen molar-refractivity contribution in [2.45, 2.75) is 30.0 Å². The maximum atomic E-state index is 13.9. The molecule has 0 atom stereocenters. The molecule has 0 N–H and O–H groups in total. The minimum atomic E-state index is -6.47. The fraction of sp³-hybridized carbons (Fsp3) is 0.500. The zero-order valence-electron chi connectivity index (χ0n) is 11.1. The number of benzene rings is 1. The molecule has 0 aliphatic heterocycles. The standard InChI is InChI=1S/C12H8F10S/c1-23-5-6-2-7(4-8(3-6)10(14,15)16)9(13,11(17,18)19)12(20,21)22/h2-4H,5H2,1H3. The number of hydrogen-bond donors (Lipinski definition) is 0. The predicted molar refractivity (Wildman–Crippen MR) is 63.6 cm³/mol. The van der Waals surface area contributed by atoms with Gasteiger partial charge in [0.15, 0.2) is 0 Å². The van der Waals surface area contributed by atoms with Crippen molar-refractivity contribution in [3.63, 3.8) is 0 Å². The second-order valence-corrected chi connectivity index (χ2v) is 5.37. The highest BCUT2D eigenvalue weighted by molar-refractivity contribution is 7.97. The second kappa shape index (κ2) is 6.06. The minimum absolute atomic E-state index is 0.146. The van der Waals surface area contributed by atoms with Crippen LogP contribution in [0, 0.1) is 0 Å². The lowest BCUT2D eigenvalue weighted by molar-refractivity contribution is -0.348. The van der Waals surface area contributed by atoms with Gasteiger partial charge < -0.3 is 0 Å². The third-order valence-corrected chi connectivity index (χ3v) is 3.43. The normalized spacial score (nSPS) is 14.2. The Labute approximate surface area is 127 Å². The van der Waals surface area contributed by atoms with Gasteiger partial charge in [-0.3, -0.25) is 0 Å². The van der Waals surface area contributed by atoms with Gasteiger partial charge in [0.2, 0.25) is 0 Å². The van der Waals surface area contributed by atoms with Crippen LogP contribution in [-0.4, -0.2) is 18.6 Å². The Morgan fingerprint density at radius 1 is 0.739 bits per heavy atom. The summed E-state index contributed by atoms with van der Waals surface area (Å²) in [5, 5.41) is 0. The molecule has 0 heterocycles. The first-order valence-corrected chi connectivity index (χ1v) is 7.07. The molecule has 0 saturated heterocycles. The van der Waals surface area contributed by atoms with E-state index in [0.29, 0.717) is 6.07 Å². The summed E-state index contributed by atoms with van der Waals surface area (Å²) in [5.74, 6) is -0.317. The van der Waals surface area contributed by atoms with Gasteiger partial charge in [-0.1, -0.05) is 6.07 Å². The molecule has 0 fully saturated rings. The zero-order chi connectivity index (χ0) is 18.3. The van der Waals surface area contributed by atoms with Crippen molar-refractivity contribution in [3.8, 4) is 0 Å². The van der Waals surface area contributed by atoms with Crippen LogP contribution in [0.4, 0.5) is 43.9 Å². The van der Waals surface area contributed by atoms with Gasteiger partial charge >= 0.3 is 24.2 Å². The van der Waals surface area contributed by atoms with Gasteiger partial charge in [-0.05, 0) is 24.0 Å². The van der Waals surface area contributed by atoms with Crippen LogP contribution >= 0.6 is 11.8 Å². The van der Waals surface area contributed by atoms with Crippen molar-refractivity contribution in [1.29, 1.82) is 0 Å². The van der Waals surface area contributed by atoms with E-state index in [9.17, 15) is 43.9 Å².